The highest BCUT2D eigenvalue weighted by molar-refractivity contribution is 6.16. The molecular weight excluding hydrogens is 552 g/mol. The van der Waals surface area contributed by atoms with Crippen LogP contribution in [0, 0.1) is 5.92 Å². The summed E-state index contributed by atoms with van der Waals surface area (Å²) in [5.74, 6) is -0.352. The molecule has 1 aliphatic heterocycles. The van der Waals surface area contributed by atoms with E-state index in [0.29, 0.717) is 29.9 Å². The summed E-state index contributed by atoms with van der Waals surface area (Å²) < 4.78 is 16.8. The second-order valence-corrected chi connectivity index (χ2v) is 12.9. The third-order valence-electron chi connectivity index (χ3n) is 6.60. The van der Waals surface area contributed by atoms with E-state index >= 15 is 0 Å². The lowest BCUT2D eigenvalue weighted by molar-refractivity contribution is 0.0494. The van der Waals surface area contributed by atoms with Gasteiger partial charge in [0.2, 0.25) is 5.88 Å². The van der Waals surface area contributed by atoms with Crippen molar-refractivity contribution in [1.82, 2.24) is 15.3 Å². The highest BCUT2D eigenvalue weighted by atomic mass is 16.6. The molecule has 232 valence electrons. The van der Waals surface area contributed by atoms with Gasteiger partial charge in [0, 0.05) is 31.5 Å². The van der Waals surface area contributed by atoms with Crippen LogP contribution in [0.15, 0.2) is 35.1 Å². The average molecular weight is 595 g/mol. The van der Waals surface area contributed by atoms with Gasteiger partial charge in [-0.1, -0.05) is 13.8 Å². The fourth-order valence-corrected chi connectivity index (χ4v) is 4.98. The summed E-state index contributed by atoms with van der Waals surface area (Å²) in [7, 11) is 0. The smallest absolute Gasteiger partial charge is 0.414 e. The Morgan fingerprint density at radius 2 is 1.72 bits per heavy atom. The molecule has 0 unspecified atom stereocenters. The SMILES string of the molecule is CCc1cnc2c(C(=O)Nc3cnccc3N3C[C@H](C)C[C@H](NC(=O)OC(C)(C)C)C3)c(NC(=O)OC(C)(C)C)oc2c1. The van der Waals surface area contributed by atoms with E-state index in [2.05, 4.69) is 37.7 Å². The van der Waals surface area contributed by atoms with Crippen molar-refractivity contribution >= 4 is 46.5 Å². The molecule has 0 spiro atoms. The van der Waals surface area contributed by atoms with E-state index in [1.807, 2.05) is 33.8 Å². The predicted octanol–water partition coefficient (Wildman–Crippen LogP) is 6.12. The number of fused-ring (bicyclic) bond motifs is 1. The summed E-state index contributed by atoms with van der Waals surface area (Å²) in [6, 6.07) is 3.45. The second kappa shape index (κ2) is 12.5. The molecule has 0 bridgehead atoms. The number of alkyl carbamates (subject to hydrolysis) is 1. The van der Waals surface area contributed by atoms with Gasteiger partial charge in [-0.3, -0.25) is 20.1 Å². The van der Waals surface area contributed by atoms with Gasteiger partial charge >= 0.3 is 12.2 Å². The van der Waals surface area contributed by atoms with Crippen LogP contribution in [-0.4, -0.2) is 58.4 Å². The molecule has 4 heterocycles. The summed E-state index contributed by atoms with van der Waals surface area (Å²) in [6.45, 7) is 16.0. The van der Waals surface area contributed by atoms with Gasteiger partial charge in [-0.15, -0.1) is 0 Å². The number of carbonyl (C=O) groups is 3. The van der Waals surface area contributed by atoms with E-state index in [0.717, 1.165) is 24.1 Å². The standard InChI is InChI=1S/C31H42N6O6/c1-9-19-13-23-25(33-14-19)24(27(41-23)36-29(40)43-31(6,7)8)26(38)35-21-15-32-11-10-22(21)37-16-18(2)12-20(17-37)34-28(39)42-30(3,4)5/h10-11,13-15,18,20H,9,12,16-17H2,1-8H3,(H,34,39)(H,35,38)(H,36,40)/t18-,20+/m1/s1. The highest BCUT2D eigenvalue weighted by Gasteiger charge is 2.31. The second-order valence-electron chi connectivity index (χ2n) is 12.9. The minimum atomic E-state index is -0.760. The van der Waals surface area contributed by atoms with Crippen LogP contribution < -0.4 is 20.9 Å². The molecule has 1 aliphatic rings. The first-order valence-electron chi connectivity index (χ1n) is 14.5. The number of furan rings is 1. The summed E-state index contributed by atoms with van der Waals surface area (Å²) in [5.41, 5.74) is 1.49. The molecule has 12 nitrogen and oxygen atoms in total. The van der Waals surface area contributed by atoms with Crippen LogP contribution in [0.1, 0.15) is 77.7 Å². The van der Waals surface area contributed by atoms with Crippen molar-refractivity contribution < 1.29 is 28.3 Å². The van der Waals surface area contributed by atoms with Crippen LogP contribution in [0.2, 0.25) is 0 Å². The average Bonchev–Trinajstić information content (AvgIpc) is 3.23. The zero-order valence-corrected chi connectivity index (χ0v) is 26.2. The van der Waals surface area contributed by atoms with Crippen LogP contribution in [-0.2, 0) is 15.9 Å². The van der Waals surface area contributed by atoms with E-state index in [1.165, 1.54) is 0 Å². The molecule has 4 rings (SSSR count). The molecule has 3 aromatic rings. The largest absolute Gasteiger partial charge is 0.444 e. The van der Waals surface area contributed by atoms with Crippen LogP contribution in [0.3, 0.4) is 0 Å². The molecule has 0 aromatic carbocycles. The Hall–Kier alpha value is -4.35. The Kier molecular flexibility index (Phi) is 9.17. The Morgan fingerprint density at radius 1 is 1.02 bits per heavy atom. The summed E-state index contributed by atoms with van der Waals surface area (Å²) in [4.78, 5) is 49.8. The fourth-order valence-electron chi connectivity index (χ4n) is 4.98. The quantitative estimate of drug-likeness (QED) is 0.307. The Labute approximate surface area is 251 Å². The first kappa shape index (κ1) is 31.6. The molecule has 3 amide bonds. The molecule has 1 saturated heterocycles. The van der Waals surface area contributed by atoms with Gasteiger partial charge in [-0.05, 0) is 78.0 Å². The molecule has 12 heteroatoms. The van der Waals surface area contributed by atoms with E-state index in [-0.39, 0.29) is 23.4 Å². The van der Waals surface area contributed by atoms with Crippen LogP contribution in [0.5, 0.6) is 0 Å². The molecule has 3 N–H and O–H groups in total. The van der Waals surface area contributed by atoms with Crippen molar-refractivity contribution in [3.05, 3.63) is 41.9 Å². The van der Waals surface area contributed by atoms with Crippen molar-refractivity contribution in [2.45, 2.75) is 85.5 Å². The lowest BCUT2D eigenvalue weighted by Crippen LogP contribution is -2.51. The number of aromatic nitrogens is 2. The summed E-state index contributed by atoms with van der Waals surface area (Å²) in [5, 5.41) is 8.51. The normalized spacial score (nSPS) is 17.3. The lowest BCUT2D eigenvalue weighted by Gasteiger charge is -2.39. The lowest BCUT2D eigenvalue weighted by atomic mass is 9.95. The van der Waals surface area contributed by atoms with Gasteiger partial charge in [0.1, 0.15) is 22.3 Å². The molecule has 0 saturated carbocycles. The van der Waals surface area contributed by atoms with Gasteiger partial charge in [-0.2, -0.15) is 0 Å². The number of carbonyl (C=O) groups excluding carboxylic acids is 3. The predicted molar refractivity (Wildman–Crippen MR) is 165 cm³/mol. The molecule has 2 atom stereocenters. The van der Waals surface area contributed by atoms with Crippen LogP contribution >= 0.6 is 0 Å². The zero-order chi connectivity index (χ0) is 31.5. The van der Waals surface area contributed by atoms with Gasteiger partial charge < -0.3 is 29.4 Å². The number of rotatable bonds is 6. The van der Waals surface area contributed by atoms with Crippen molar-refractivity contribution in [3.63, 3.8) is 0 Å². The maximum Gasteiger partial charge on any atom is 0.414 e. The number of amides is 3. The summed E-state index contributed by atoms with van der Waals surface area (Å²) >= 11 is 0. The molecule has 1 fully saturated rings. The monoisotopic (exact) mass is 594 g/mol. The number of piperidine rings is 1. The highest BCUT2D eigenvalue weighted by Crippen LogP contribution is 2.33. The number of ether oxygens (including phenoxy) is 2. The van der Waals surface area contributed by atoms with Gasteiger partial charge in [0.15, 0.2) is 5.58 Å². The Bertz CT molecular complexity index is 1490. The number of hydrogen-bond donors (Lipinski definition) is 3. The van der Waals surface area contributed by atoms with Crippen molar-refractivity contribution in [1.29, 1.82) is 0 Å². The van der Waals surface area contributed by atoms with Crippen LogP contribution in [0.4, 0.5) is 26.8 Å². The zero-order valence-electron chi connectivity index (χ0n) is 26.2. The third-order valence-corrected chi connectivity index (χ3v) is 6.60. The third kappa shape index (κ3) is 8.36. The molecule has 43 heavy (non-hydrogen) atoms. The summed E-state index contributed by atoms with van der Waals surface area (Å²) in [6.07, 6.45) is 5.17. The molecule has 3 aromatic heterocycles. The first-order valence-corrected chi connectivity index (χ1v) is 14.5. The maximum atomic E-state index is 13.9. The minimum Gasteiger partial charge on any atom is -0.444 e. The first-order chi connectivity index (χ1) is 20.1. The number of pyridine rings is 2. The number of aryl methyl sites for hydroxylation is 1. The minimum absolute atomic E-state index is 0.0646. The Morgan fingerprint density at radius 3 is 2.40 bits per heavy atom. The van der Waals surface area contributed by atoms with Gasteiger partial charge in [0.25, 0.3) is 5.91 Å². The van der Waals surface area contributed by atoms with E-state index in [1.54, 1.807) is 45.4 Å². The number of nitrogens with zero attached hydrogens (tertiary/aromatic N) is 3. The van der Waals surface area contributed by atoms with E-state index in [9.17, 15) is 14.4 Å². The van der Waals surface area contributed by atoms with Gasteiger partial charge in [0.05, 0.1) is 17.6 Å². The van der Waals surface area contributed by atoms with Crippen molar-refractivity contribution in [2.75, 3.05) is 28.6 Å². The maximum absolute atomic E-state index is 13.9. The molecule has 0 radical (unpaired) electrons. The van der Waals surface area contributed by atoms with Crippen LogP contribution in [0.25, 0.3) is 11.1 Å². The number of anilines is 3. The fraction of sp³-hybridized carbons (Fsp3) is 0.516. The van der Waals surface area contributed by atoms with E-state index in [4.69, 9.17) is 13.9 Å². The van der Waals surface area contributed by atoms with E-state index < -0.39 is 29.3 Å². The topological polar surface area (TPSA) is 148 Å². The number of hydrogen-bond acceptors (Lipinski definition) is 9. The number of nitrogens with one attached hydrogen (secondary N) is 3. The Balaban J connectivity index is 1.61. The van der Waals surface area contributed by atoms with Gasteiger partial charge in [-0.25, -0.2) is 9.59 Å². The molecular formula is C31H42N6O6. The molecule has 0 aliphatic carbocycles. The van der Waals surface area contributed by atoms with Crippen molar-refractivity contribution in [2.24, 2.45) is 5.92 Å². The van der Waals surface area contributed by atoms with Crippen molar-refractivity contribution in [3.8, 4) is 0 Å².